The molecule has 0 amide bonds. The molecule has 1 saturated heterocycles. The Morgan fingerprint density at radius 1 is 1.67 bits per heavy atom. The molecule has 1 aliphatic rings. The second kappa shape index (κ2) is 4.49. The van der Waals surface area contributed by atoms with Crippen molar-refractivity contribution in [2.24, 2.45) is 11.7 Å². The van der Waals surface area contributed by atoms with Gasteiger partial charge in [0.15, 0.2) is 9.84 Å². The average molecular weight is 233 g/mol. The Labute approximate surface area is 91.1 Å². The highest BCUT2D eigenvalue weighted by Gasteiger charge is 2.28. The molecule has 2 unspecified atom stereocenters. The minimum atomic E-state index is -2.85. The van der Waals surface area contributed by atoms with Gasteiger partial charge in [0.05, 0.1) is 17.3 Å². The van der Waals surface area contributed by atoms with Gasteiger partial charge in [-0.25, -0.2) is 8.42 Å². The van der Waals surface area contributed by atoms with Crippen LogP contribution in [0, 0.1) is 11.3 Å². The molecule has 1 aliphatic heterocycles. The highest BCUT2D eigenvalue weighted by Crippen LogP contribution is 2.13. The molecule has 0 bridgehead atoms. The van der Waals surface area contributed by atoms with Crippen LogP contribution in [0.3, 0.4) is 0 Å². The summed E-state index contributed by atoms with van der Waals surface area (Å²) in [6.07, 6.45) is 0. The zero-order chi connectivity index (χ0) is 11.6. The predicted octanol–water partition coefficient (Wildman–Crippen LogP) is -0.323. The van der Waals surface area contributed by atoms with E-state index in [4.69, 9.17) is 11.1 Å². The molecule has 0 saturated carbocycles. The van der Waals surface area contributed by atoms with Gasteiger partial charge < -0.3 is 5.73 Å². The highest BCUT2D eigenvalue weighted by molar-refractivity contribution is 7.91. The van der Waals surface area contributed by atoms with Crippen molar-refractivity contribution in [3.8, 4) is 0 Å². The van der Waals surface area contributed by atoms with Gasteiger partial charge in [0.1, 0.15) is 0 Å². The van der Waals surface area contributed by atoms with E-state index in [1.54, 1.807) is 0 Å². The molecule has 0 aromatic rings. The first-order chi connectivity index (χ1) is 6.82. The summed E-state index contributed by atoms with van der Waals surface area (Å²) in [4.78, 5) is 2.09. The smallest absolute Gasteiger partial charge is 0.153 e. The molecule has 1 fully saturated rings. The van der Waals surface area contributed by atoms with Crippen LogP contribution in [0.2, 0.25) is 0 Å². The van der Waals surface area contributed by atoms with E-state index in [1.807, 2.05) is 13.8 Å². The van der Waals surface area contributed by atoms with Crippen LogP contribution in [0.25, 0.3) is 0 Å². The summed E-state index contributed by atoms with van der Waals surface area (Å²) in [5.41, 5.74) is 5.39. The molecule has 5 nitrogen and oxygen atoms in total. The Kier molecular flexibility index (Phi) is 3.72. The molecule has 1 rings (SSSR count). The molecule has 0 aliphatic carbocycles. The van der Waals surface area contributed by atoms with Gasteiger partial charge in [-0.2, -0.15) is 0 Å². The molecule has 88 valence electrons. The Balaban J connectivity index is 2.56. The zero-order valence-electron chi connectivity index (χ0n) is 9.23. The first-order valence-electron chi connectivity index (χ1n) is 5.10. The van der Waals surface area contributed by atoms with Crippen LogP contribution in [-0.2, 0) is 9.84 Å². The third-order valence-corrected chi connectivity index (χ3v) is 4.64. The lowest BCUT2D eigenvalue weighted by atomic mass is 10.1. The Bertz CT molecular complexity index is 339. The summed E-state index contributed by atoms with van der Waals surface area (Å²) < 4.78 is 22.7. The van der Waals surface area contributed by atoms with Crippen LogP contribution in [-0.4, -0.2) is 49.8 Å². The monoisotopic (exact) mass is 233 g/mol. The lowest BCUT2D eigenvalue weighted by Gasteiger charge is -2.34. The molecule has 6 heteroatoms. The fourth-order valence-corrected chi connectivity index (χ4v) is 3.38. The SMILES string of the molecule is CC(CN1CCS(=O)(=O)CC1C)C(=N)N. The van der Waals surface area contributed by atoms with Gasteiger partial charge in [-0.15, -0.1) is 0 Å². The van der Waals surface area contributed by atoms with Crippen LogP contribution in [0.15, 0.2) is 0 Å². The van der Waals surface area contributed by atoms with Crippen LogP contribution in [0.1, 0.15) is 13.8 Å². The fourth-order valence-electron chi connectivity index (χ4n) is 1.75. The molecular formula is C9H19N3O2S. The molecule has 0 spiro atoms. The third kappa shape index (κ3) is 3.46. The van der Waals surface area contributed by atoms with Gasteiger partial charge in [0.2, 0.25) is 0 Å². The minimum Gasteiger partial charge on any atom is -0.387 e. The van der Waals surface area contributed by atoms with E-state index in [0.29, 0.717) is 13.1 Å². The van der Waals surface area contributed by atoms with E-state index in [9.17, 15) is 8.42 Å². The second-order valence-corrected chi connectivity index (χ2v) is 6.54. The van der Waals surface area contributed by atoms with Crippen molar-refractivity contribution in [2.75, 3.05) is 24.6 Å². The summed E-state index contributed by atoms with van der Waals surface area (Å²) in [6.45, 7) is 5.02. The third-order valence-electron chi connectivity index (χ3n) is 2.85. The largest absolute Gasteiger partial charge is 0.387 e. The number of nitrogens with one attached hydrogen (secondary N) is 1. The first kappa shape index (κ1) is 12.4. The van der Waals surface area contributed by atoms with Crippen molar-refractivity contribution in [3.05, 3.63) is 0 Å². The van der Waals surface area contributed by atoms with Gasteiger partial charge in [0, 0.05) is 25.0 Å². The summed E-state index contributed by atoms with van der Waals surface area (Å²) in [6, 6.07) is 0.0329. The van der Waals surface area contributed by atoms with Gasteiger partial charge >= 0.3 is 0 Å². The van der Waals surface area contributed by atoms with Gasteiger partial charge in [-0.3, -0.25) is 10.3 Å². The van der Waals surface area contributed by atoms with Crippen molar-refractivity contribution < 1.29 is 8.42 Å². The maximum absolute atomic E-state index is 11.3. The second-order valence-electron chi connectivity index (χ2n) is 4.31. The van der Waals surface area contributed by atoms with E-state index in [1.165, 1.54) is 0 Å². The van der Waals surface area contributed by atoms with E-state index in [0.717, 1.165) is 0 Å². The molecule has 1 heterocycles. The van der Waals surface area contributed by atoms with E-state index < -0.39 is 9.84 Å². The summed E-state index contributed by atoms with van der Waals surface area (Å²) in [5, 5.41) is 7.30. The number of nitrogens with two attached hydrogens (primary N) is 1. The van der Waals surface area contributed by atoms with Crippen LogP contribution in [0.4, 0.5) is 0 Å². The van der Waals surface area contributed by atoms with Crippen molar-refractivity contribution in [3.63, 3.8) is 0 Å². The number of hydrogen-bond donors (Lipinski definition) is 2. The Morgan fingerprint density at radius 2 is 2.27 bits per heavy atom. The standard InChI is InChI=1S/C9H19N3O2S/c1-7(9(10)11)5-12-3-4-15(13,14)6-8(12)2/h7-8H,3-6H2,1-2H3,(H3,10,11). The quantitative estimate of drug-likeness (QED) is 0.516. The van der Waals surface area contributed by atoms with Crippen molar-refractivity contribution in [1.29, 1.82) is 5.41 Å². The number of hydrogen-bond acceptors (Lipinski definition) is 4. The van der Waals surface area contributed by atoms with Gasteiger partial charge in [-0.1, -0.05) is 6.92 Å². The van der Waals surface area contributed by atoms with E-state index in [-0.39, 0.29) is 29.3 Å². The Morgan fingerprint density at radius 3 is 2.73 bits per heavy atom. The van der Waals surface area contributed by atoms with Crippen LogP contribution >= 0.6 is 0 Å². The van der Waals surface area contributed by atoms with Crippen LogP contribution in [0.5, 0.6) is 0 Å². The topological polar surface area (TPSA) is 87.2 Å². The van der Waals surface area contributed by atoms with E-state index >= 15 is 0 Å². The lowest BCUT2D eigenvalue weighted by Crippen LogP contribution is -2.49. The molecule has 0 aromatic carbocycles. The average Bonchev–Trinajstić information content (AvgIpc) is 2.08. The van der Waals surface area contributed by atoms with E-state index in [2.05, 4.69) is 4.90 Å². The molecule has 3 N–H and O–H groups in total. The fraction of sp³-hybridized carbons (Fsp3) is 0.889. The zero-order valence-corrected chi connectivity index (χ0v) is 10.0. The molecule has 2 atom stereocenters. The maximum Gasteiger partial charge on any atom is 0.153 e. The molecule has 15 heavy (non-hydrogen) atoms. The number of nitrogens with zero attached hydrogens (tertiary/aromatic N) is 1. The minimum absolute atomic E-state index is 0.00625. The summed E-state index contributed by atoms with van der Waals surface area (Å²) >= 11 is 0. The van der Waals surface area contributed by atoms with Crippen molar-refractivity contribution in [2.45, 2.75) is 19.9 Å². The first-order valence-corrected chi connectivity index (χ1v) is 6.92. The summed E-state index contributed by atoms with van der Waals surface area (Å²) in [5.74, 6) is 0.600. The van der Waals surface area contributed by atoms with Crippen molar-refractivity contribution >= 4 is 15.7 Å². The number of amidine groups is 1. The predicted molar refractivity (Wildman–Crippen MR) is 60.8 cm³/mol. The normalized spacial score (nSPS) is 28.5. The van der Waals surface area contributed by atoms with Gasteiger partial charge in [0.25, 0.3) is 0 Å². The van der Waals surface area contributed by atoms with Gasteiger partial charge in [-0.05, 0) is 6.92 Å². The molecule has 0 aromatic heterocycles. The molecule has 0 radical (unpaired) electrons. The van der Waals surface area contributed by atoms with Crippen LogP contribution < -0.4 is 5.73 Å². The van der Waals surface area contributed by atoms with Crippen molar-refractivity contribution in [1.82, 2.24) is 4.90 Å². The highest BCUT2D eigenvalue weighted by atomic mass is 32.2. The molecular weight excluding hydrogens is 214 g/mol. The number of sulfone groups is 1. The Hall–Kier alpha value is -0.620. The lowest BCUT2D eigenvalue weighted by molar-refractivity contribution is 0.214. The maximum atomic E-state index is 11.3. The number of rotatable bonds is 3. The summed E-state index contributed by atoms with van der Waals surface area (Å²) in [7, 11) is -2.85.